The Kier molecular flexibility index (Phi) is 16.6. The SMILES string of the molecule is FC(F)(F)c1cc([B-](c2cc(C(F)(F)F)cc(C(F)(F)F)c2)(c2cc(C(F)(F)F)cc(C(F)(F)F)c2)c2cc(C(F)(F)F)cc(C(F)(F)F)c2)cc(C(F)(F)F)c1.O=C(O)COC(=O)c1cccc[n+]1Cc1ccccc1. The smallest absolute Gasteiger partial charge is 0.416 e. The molecule has 414 valence electrons. The third-order valence-electron chi connectivity index (χ3n) is 11.1. The van der Waals surface area contributed by atoms with Crippen molar-refractivity contribution < 1.29 is 129 Å². The number of carbonyl (C=O) groups is 2. The minimum atomic E-state index is -6.13. The van der Waals surface area contributed by atoms with Gasteiger partial charge in [0.25, 0.3) is 5.69 Å². The molecule has 1 aromatic heterocycles. The van der Waals surface area contributed by atoms with Crippen molar-refractivity contribution in [2.75, 3.05) is 6.61 Å². The molecule has 0 aliphatic carbocycles. The van der Waals surface area contributed by atoms with Crippen LogP contribution in [0, 0.1) is 0 Å². The molecule has 0 saturated carbocycles. The van der Waals surface area contributed by atoms with Crippen LogP contribution >= 0.6 is 0 Å². The van der Waals surface area contributed by atoms with Crippen LogP contribution in [0.3, 0.4) is 0 Å². The number of alkyl halides is 24. The molecular weight excluding hydrogens is 1110 g/mol. The number of benzene rings is 5. The van der Waals surface area contributed by atoms with Crippen LogP contribution in [0.25, 0.3) is 0 Å². The van der Waals surface area contributed by atoms with E-state index < -0.39 is 213 Å². The number of ether oxygens (including phenoxy) is 1. The maximum atomic E-state index is 14.2. The van der Waals surface area contributed by atoms with E-state index >= 15 is 0 Å². The van der Waals surface area contributed by atoms with E-state index in [1.54, 1.807) is 29.0 Å². The van der Waals surface area contributed by atoms with E-state index in [2.05, 4.69) is 0 Å². The number of halogens is 24. The van der Waals surface area contributed by atoms with Gasteiger partial charge in [-0.3, -0.25) is 0 Å². The molecule has 0 aliphatic heterocycles. The van der Waals surface area contributed by atoms with Crippen molar-refractivity contribution in [3.63, 3.8) is 0 Å². The largest absolute Gasteiger partial charge is 0.479 e. The van der Waals surface area contributed by atoms with Gasteiger partial charge in [0.2, 0.25) is 0 Å². The number of pyridine rings is 1. The minimum Gasteiger partial charge on any atom is -0.479 e. The Morgan fingerprint density at radius 1 is 0.390 bits per heavy atom. The molecule has 5 aromatic carbocycles. The Morgan fingerprint density at radius 2 is 0.649 bits per heavy atom. The summed E-state index contributed by atoms with van der Waals surface area (Å²) in [6.07, 6.45) is -53.1. The average molecular weight is 1140 g/mol. The molecule has 0 saturated heterocycles. The van der Waals surface area contributed by atoms with Gasteiger partial charge < -0.3 is 9.84 Å². The fourth-order valence-corrected chi connectivity index (χ4v) is 7.85. The van der Waals surface area contributed by atoms with Gasteiger partial charge in [0.15, 0.2) is 19.3 Å². The van der Waals surface area contributed by atoms with Crippen molar-refractivity contribution in [3.05, 3.63) is 183 Å². The topological polar surface area (TPSA) is 67.5 Å². The van der Waals surface area contributed by atoms with Gasteiger partial charge in [0, 0.05) is 17.7 Å². The number of carbonyl (C=O) groups excluding carboxylic acids is 1. The van der Waals surface area contributed by atoms with Crippen molar-refractivity contribution in [1.29, 1.82) is 0 Å². The van der Waals surface area contributed by atoms with Crippen LogP contribution in [0.15, 0.2) is 128 Å². The van der Waals surface area contributed by atoms with Crippen molar-refractivity contribution in [2.45, 2.75) is 56.0 Å². The van der Waals surface area contributed by atoms with Crippen LogP contribution in [-0.2, 0) is 65.5 Å². The van der Waals surface area contributed by atoms with Crippen LogP contribution in [0.2, 0.25) is 0 Å². The van der Waals surface area contributed by atoms with Gasteiger partial charge in [-0.15, -0.1) is 0 Å². The molecule has 0 aliphatic rings. The van der Waals surface area contributed by atoms with Crippen LogP contribution < -0.4 is 26.4 Å². The first-order valence-corrected chi connectivity index (χ1v) is 20.7. The Labute approximate surface area is 414 Å². The number of hydrogen-bond acceptors (Lipinski definition) is 3. The van der Waals surface area contributed by atoms with E-state index in [1.807, 2.05) is 30.3 Å². The predicted molar refractivity (Wildman–Crippen MR) is 220 cm³/mol. The minimum absolute atomic E-state index is 0.317. The number of esters is 1. The van der Waals surface area contributed by atoms with Gasteiger partial charge in [-0.25, -0.2) is 9.59 Å². The van der Waals surface area contributed by atoms with Crippen LogP contribution in [0.5, 0.6) is 0 Å². The number of nitrogens with zero attached hydrogens (tertiary/aromatic N) is 1. The zero-order valence-electron chi connectivity index (χ0n) is 37.3. The first-order chi connectivity index (χ1) is 34.9. The Bertz CT molecular complexity index is 2680. The zero-order chi connectivity index (χ0) is 58.3. The first kappa shape index (κ1) is 60.4. The van der Waals surface area contributed by atoms with E-state index in [1.165, 1.54) is 0 Å². The van der Waals surface area contributed by atoms with Gasteiger partial charge >= 0.3 is 61.3 Å². The molecular formula is C47H26BF24NO4. The lowest BCUT2D eigenvalue weighted by atomic mass is 9.12. The average Bonchev–Trinajstić information content (AvgIpc) is 3.29. The van der Waals surface area contributed by atoms with Crippen LogP contribution in [-0.4, -0.2) is 29.8 Å². The quantitative estimate of drug-likeness (QED) is 0.0678. The number of carboxylic acid groups (broad SMARTS) is 1. The van der Waals surface area contributed by atoms with E-state index in [9.17, 15) is 115 Å². The normalized spacial score (nSPS) is 13.2. The number of rotatable bonds is 9. The molecule has 0 bridgehead atoms. The summed E-state index contributed by atoms with van der Waals surface area (Å²) < 4.78 is 347. The summed E-state index contributed by atoms with van der Waals surface area (Å²) in [4.78, 5) is 22.3. The van der Waals surface area contributed by atoms with Crippen LogP contribution in [0.1, 0.15) is 60.6 Å². The van der Waals surface area contributed by atoms with Gasteiger partial charge in [-0.05, 0) is 30.3 Å². The summed E-state index contributed by atoms with van der Waals surface area (Å²) in [5.74, 6) is -1.83. The summed E-state index contributed by atoms with van der Waals surface area (Å²) in [6.45, 7) is -0.127. The second-order valence-electron chi connectivity index (χ2n) is 16.4. The molecule has 1 N–H and O–H groups in total. The van der Waals surface area contributed by atoms with E-state index in [0.717, 1.165) is 5.56 Å². The lowest BCUT2D eigenvalue weighted by Gasteiger charge is -2.46. The Hall–Kier alpha value is -7.43. The van der Waals surface area contributed by atoms with Gasteiger partial charge in [-0.2, -0.15) is 132 Å². The fourth-order valence-electron chi connectivity index (χ4n) is 7.85. The third kappa shape index (κ3) is 14.5. The molecule has 0 radical (unpaired) electrons. The maximum Gasteiger partial charge on any atom is 0.416 e. The van der Waals surface area contributed by atoms with E-state index in [-0.39, 0.29) is 0 Å². The standard InChI is InChI=1S/C32H12BF24.C15H13NO4/c34-25(35,36)13-1-14(26(37,38)39)6-21(5-13)33(22-7-15(27(40,41)42)2-16(8-22)28(43,44)45,23-9-17(29(46,47)48)3-18(10-23)30(49,50)51)24-11-19(31(52,53)54)4-20(12-24)32(55,56)57;17-14(18)11-20-15(19)13-8-4-5-9-16(13)10-12-6-2-1-3-7-12/h1-12H;1-9H,10-11H2/q-1;/p+1. The Morgan fingerprint density at radius 3 is 0.896 bits per heavy atom. The van der Waals surface area contributed by atoms with E-state index in [0.29, 0.717) is 12.2 Å². The molecule has 0 spiro atoms. The van der Waals surface area contributed by atoms with Crippen molar-refractivity contribution in [2.24, 2.45) is 0 Å². The first-order valence-electron chi connectivity index (χ1n) is 20.7. The number of carboxylic acids is 1. The molecule has 0 atom stereocenters. The highest BCUT2D eigenvalue weighted by atomic mass is 19.4. The molecule has 0 unspecified atom stereocenters. The lowest BCUT2D eigenvalue weighted by Crippen LogP contribution is -2.75. The molecule has 0 amide bonds. The summed E-state index contributed by atoms with van der Waals surface area (Å²) >= 11 is 0. The van der Waals surface area contributed by atoms with Gasteiger partial charge in [-0.1, -0.05) is 78.9 Å². The predicted octanol–water partition coefficient (Wildman–Crippen LogP) is 12.5. The molecule has 6 rings (SSSR count). The van der Waals surface area contributed by atoms with E-state index in [4.69, 9.17) is 9.84 Å². The molecule has 5 nitrogen and oxygen atoms in total. The second-order valence-corrected chi connectivity index (χ2v) is 16.4. The number of hydrogen-bond donors (Lipinski definition) is 1. The lowest BCUT2D eigenvalue weighted by molar-refractivity contribution is -0.690. The summed E-state index contributed by atoms with van der Waals surface area (Å²) in [6, 6.07) is 5.96. The molecule has 6 aromatic rings. The number of aliphatic carboxylic acids is 1. The number of aromatic nitrogens is 1. The summed E-state index contributed by atoms with van der Waals surface area (Å²) in [7, 11) is 0. The van der Waals surface area contributed by atoms with Crippen molar-refractivity contribution in [3.8, 4) is 0 Å². The summed E-state index contributed by atoms with van der Waals surface area (Å²) in [5, 5.41) is 8.53. The monoisotopic (exact) mass is 1140 g/mol. The molecule has 77 heavy (non-hydrogen) atoms. The van der Waals surface area contributed by atoms with Crippen molar-refractivity contribution in [1.82, 2.24) is 0 Å². The third-order valence-corrected chi connectivity index (χ3v) is 11.1. The van der Waals surface area contributed by atoms with Crippen LogP contribution in [0.4, 0.5) is 105 Å². The highest BCUT2D eigenvalue weighted by molar-refractivity contribution is 7.20. The molecule has 1 heterocycles. The second kappa shape index (κ2) is 21.2. The Balaban J connectivity index is 0.000000455. The highest BCUT2D eigenvalue weighted by Crippen LogP contribution is 2.41. The molecule has 30 heteroatoms. The maximum absolute atomic E-state index is 14.2. The summed E-state index contributed by atoms with van der Waals surface area (Å²) in [5.41, 5.74) is -28.8. The van der Waals surface area contributed by atoms with Gasteiger partial charge in [0.05, 0.1) is 44.5 Å². The van der Waals surface area contributed by atoms with Crippen molar-refractivity contribution >= 4 is 39.9 Å². The fraction of sp³-hybridized carbons (Fsp3) is 0.213. The van der Waals surface area contributed by atoms with Gasteiger partial charge in [0.1, 0.15) is 6.15 Å². The molecule has 0 fully saturated rings. The zero-order valence-corrected chi connectivity index (χ0v) is 37.3. The highest BCUT2D eigenvalue weighted by Gasteiger charge is 2.47.